The maximum atomic E-state index is 12.1. The lowest BCUT2D eigenvalue weighted by Crippen LogP contribution is -2.12. The molecule has 1 saturated carbocycles. The van der Waals surface area contributed by atoms with Gasteiger partial charge in [0.25, 0.3) is 0 Å². The average Bonchev–Trinajstić information content (AvgIpc) is 3.13. The molecule has 0 aromatic heterocycles. The van der Waals surface area contributed by atoms with E-state index in [4.69, 9.17) is 0 Å². The van der Waals surface area contributed by atoms with Crippen LogP contribution in [0.4, 0.5) is 0 Å². The zero-order chi connectivity index (χ0) is 13.2. The molecular formula is C14H18O3S. The fraction of sp³-hybridized carbons (Fsp3) is 0.500. The van der Waals surface area contributed by atoms with Crippen molar-refractivity contribution in [1.82, 2.24) is 0 Å². The van der Waals surface area contributed by atoms with E-state index in [2.05, 4.69) is 0 Å². The molecule has 1 fully saturated rings. The molecule has 4 heteroatoms. The molecule has 0 saturated heterocycles. The Balaban J connectivity index is 2.27. The Morgan fingerprint density at radius 2 is 1.94 bits per heavy atom. The standard InChI is InChI=1S/C14H18O3S/c1-2-9-18(16,17)14-6-4-3-5-12(14)10-13(15)11-7-8-11/h3-6,11H,2,7-10H2,1H3. The minimum atomic E-state index is -3.24. The Bertz CT molecular complexity index is 542. The molecule has 18 heavy (non-hydrogen) atoms. The van der Waals surface area contributed by atoms with E-state index in [9.17, 15) is 13.2 Å². The van der Waals surface area contributed by atoms with Crippen molar-refractivity contribution < 1.29 is 13.2 Å². The van der Waals surface area contributed by atoms with Crippen molar-refractivity contribution in [3.05, 3.63) is 29.8 Å². The van der Waals surface area contributed by atoms with E-state index in [0.29, 0.717) is 16.9 Å². The molecule has 0 aliphatic heterocycles. The number of ketones is 1. The van der Waals surface area contributed by atoms with Gasteiger partial charge in [0.15, 0.2) is 9.84 Å². The van der Waals surface area contributed by atoms with E-state index < -0.39 is 9.84 Å². The lowest BCUT2D eigenvalue weighted by molar-refractivity contribution is -0.119. The van der Waals surface area contributed by atoms with Crippen molar-refractivity contribution >= 4 is 15.6 Å². The third-order valence-corrected chi connectivity index (χ3v) is 5.19. The van der Waals surface area contributed by atoms with Gasteiger partial charge in [0.05, 0.1) is 10.6 Å². The molecule has 0 spiro atoms. The molecule has 0 atom stereocenters. The van der Waals surface area contributed by atoms with Crippen molar-refractivity contribution in [1.29, 1.82) is 0 Å². The van der Waals surface area contributed by atoms with E-state index in [1.807, 2.05) is 6.92 Å². The highest BCUT2D eigenvalue weighted by Gasteiger charge is 2.30. The summed E-state index contributed by atoms with van der Waals surface area (Å²) in [5.74, 6) is 0.489. The molecule has 98 valence electrons. The highest BCUT2D eigenvalue weighted by atomic mass is 32.2. The van der Waals surface area contributed by atoms with Gasteiger partial charge in [0, 0.05) is 12.3 Å². The number of Topliss-reactive ketones (excluding diaryl/α,β-unsaturated/α-hetero) is 1. The quantitative estimate of drug-likeness (QED) is 0.794. The Kier molecular flexibility index (Phi) is 3.85. The van der Waals surface area contributed by atoms with E-state index in [0.717, 1.165) is 12.8 Å². The van der Waals surface area contributed by atoms with Gasteiger partial charge in [-0.3, -0.25) is 4.79 Å². The molecule has 1 aromatic rings. The number of sulfone groups is 1. The monoisotopic (exact) mass is 266 g/mol. The molecular weight excluding hydrogens is 248 g/mol. The van der Waals surface area contributed by atoms with E-state index >= 15 is 0 Å². The second kappa shape index (κ2) is 5.22. The molecule has 0 unspecified atom stereocenters. The summed E-state index contributed by atoms with van der Waals surface area (Å²) in [6.45, 7) is 1.84. The Morgan fingerprint density at radius 3 is 2.56 bits per heavy atom. The SMILES string of the molecule is CCCS(=O)(=O)c1ccccc1CC(=O)C1CC1. The summed E-state index contributed by atoms with van der Waals surface area (Å²) in [6, 6.07) is 6.87. The number of hydrogen-bond donors (Lipinski definition) is 0. The van der Waals surface area contributed by atoms with Crippen LogP contribution in [-0.2, 0) is 21.1 Å². The van der Waals surface area contributed by atoms with Gasteiger partial charge in [0.1, 0.15) is 5.78 Å². The highest BCUT2D eigenvalue weighted by molar-refractivity contribution is 7.91. The second-order valence-electron chi connectivity index (χ2n) is 4.84. The number of hydrogen-bond acceptors (Lipinski definition) is 3. The molecule has 0 amide bonds. The zero-order valence-electron chi connectivity index (χ0n) is 10.6. The van der Waals surface area contributed by atoms with Crippen molar-refractivity contribution in [3.63, 3.8) is 0 Å². The summed E-state index contributed by atoms with van der Waals surface area (Å²) in [5, 5.41) is 0. The van der Waals surface area contributed by atoms with Gasteiger partial charge in [-0.2, -0.15) is 0 Å². The first kappa shape index (κ1) is 13.3. The van der Waals surface area contributed by atoms with Crippen LogP contribution in [0.15, 0.2) is 29.2 Å². The summed E-state index contributed by atoms with van der Waals surface area (Å²) in [6.07, 6.45) is 2.77. The average molecular weight is 266 g/mol. The first-order chi connectivity index (χ1) is 8.54. The maximum Gasteiger partial charge on any atom is 0.178 e. The normalized spacial score (nSPS) is 15.6. The van der Waals surface area contributed by atoms with Gasteiger partial charge in [-0.25, -0.2) is 8.42 Å². The van der Waals surface area contributed by atoms with Crippen molar-refractivity contribution in [2.24, 2.45) is 5.92 Å². The van der Waals surface area contributed by atoms with Gasteiger partial charge in [-0.15, -0.1) is 0 Å². The van der Waals surface area contributed by atoms with Crippen LogP contribution in [-0.4, -0.2) is 20.0 Å². The molecule has 0 radical (unpaired) electrons. The molecule has 1 aliphatic carbocycles. The molecule has 2 rings (SSSR count). The van der Waals surface area contributed by atoms with Crippen LogP contribution in [0.25, 0.3) is 0 Å². The first-order valence-electron chi connectivity index (χ1n) is 6.38. The van der Waals surface area contributed by atoms with Gasteiger partial charge in [-0.05, 0) is 30.9 Å². The third-order valence-electron chi connectivity index (χ3n) is 3.18. The summed E-state index contributed by atoms with van der Waals surface area (Å²) < 4.78 is 24.2. The predicted octanol–water partition coefficient (Wildman–Crippen LogP) is 2.39. The van der Waals surface area contributed by atoms with Crippen molar-refractivity contribution in [3.8, 4) is 0 Å². The summed E-state index contributed by atoms with van der Waals surface area (Å²) in [7, 11) is -3.24. The van der Waals surface area contributed by atoms with Gasteiger partial charge in [-0.1, -0.05) is 25.1 Å². The molecule has 0 bridgehead atoms. The van der Waals surface area contributed by atoms with Crippen LogP contribution >= 0.6 is 0 Å². The summed E-state index contributed by atoms with van der Waals surface area (Å²) in [4.78, 5) is 12.2. The first-order valence-corrected chi connectivity index (χ1v) is 8.03. The van der Waals surface area contributed by atoms with Gasteiger partial charge >= 0.3 is 0 Å². The maximum absolute atomic E-state index is 12.1. The fourth-order valence-electron chi connectivity index (χ4n) is 2.07. The van der Waals surface area contributed by atoms with Crippen LogP contribution in [0.2, 0.25) is 0 Å². The predicted molar refractivity (Wildman–Crippen MR) is 70.2 cm³/mol. The highest BCUT2D eigenvalue weighted by Crippen LogP contribution is 2.31. The van der Waals surface area contributed by atoms with Crippen molar-refractivity contribution in [2.45, 2.75) is 37.5 Å². The minimum Gasteiger partial charge on any atom is -0.299 e. The van der Waals surface area contributed by atoms with E-state index in [-0.39, 0.29) is 23.9 Å². The van der Waals surface area contributed by atoms with Crippen LogP contribution in [0.5, 0.6) is 0 Å². The molecule has 0 heterocycles. The van der Waals surface area contributed by atoms with Crippen LogP contribution in [0, 0.1) is 5.92 Å². The lowest BCUT2D eigenvalue weighted by Gasteiger charge is -2.09. The number of carbonyl (C=O) groups excluding carboxylic acids is 1. The summed E-state index contributed by atoms with van der Waals surface area (Å²) >= 11 is 0. The lowest BCUT2D eigenvalue weighted by atomic mass is 10.1. The smallest absolute Gasteiger partial charge is 0.178 e. The van der Waals surface area contributed by atoms with E-state index in [1.54, 1.807) is 24.3 Å². The van der Waals surface area contributed by atoms with Crippen LogP contribution in [0.3, 0.4) is 0 Å². The zero-order valence-corrected chi connectivity index (χ0v) is 11.4. The second-order valence-corrected chi connectivity index (χ2v) is 6.92. The van der Waals surface area contributed by atoms with Crippen LogP contribution < -0.4 is 0 Å². The molecule has 3 nitrogen and oxygen atoms in total. The number of rotatable bonds is 6. The van der Waals surface area contributed by atoms with Crippen LogP contribution in [0.1, 0.15) is 31.7 Å². The Hall–Kier alpha value is -1.16. The minimum absolute atomic E-state index is 0.141. The topological polar surface area (TPSA) is 51.2 Å². The van der Waals surface area contributed by atoms with Crippen molar-refractivity contribution in [2.75, 3.05) is 5.75 Å². The summed E-state index contributed by atoms with van der Waals surface area (Å²) in [5.41, 5.74) is 0.655. The fourth-order valence-corrected chi connectivity index (χ4v) is 3.65. The van der Waals surface area contributed by atoms with E-state index in [1.165, 1.54) is 0 Å². The number of carbonyl (C=O) groups is 1. The molecule has 0 N–H and O–H groups in total. The number of benzene rings is 1. The third kappa shape index (κ3) is 2.99. The molecule has 1 aromatic carbocycles. The Labute approximate surface area is 108 Å². The molecule has 1 aliphatic rings. The van der Waals surface area contributed by atoms with Gasteiger partial charge in [0.2, 0.25) is 0 Å². The largest absolute Gasteiger partial charge is 0.299 e. The van der Waals surface area contributed by atoms with Gasteiger partial charge < -0.3 is 0 Å². The Morgan fingerprint density at radius 1 is 1.28 bits per heavy atom.